The summed E-state index contributed by atoms with van der Waals surface area (Å²) >= 11 is 0. The second-order valence-corrected chi connectivity index (χ2v) is 6.36. The Labute approximate surface area is 142 Å². The van der Waals surface area contributed by atoms with Crippen LogP contribution in [-0.2, 0) is 16.1 Å². The molecule has 0 aliphatic carbocycles. The Morgan fingerprint density at radius 1 is 1.29 bits per heavy atom. The van der Waals surface area contributed by atoms with Crippen molar-refractivity contribution < 1.29 is 14.0 Å². The Morgan fingerprint density at radius 3 is 2.54 bits per heavy atom. The van der Waals surface area contributed by atoms with Crippen LogP contribution in [0.1, 0.15) is 32.3 Å². The van der Waals surface area contributed by atoms with Gasteiger partial charge in [-0.15, -0.1) is 0 Å². The lowest BCUT2D eigenvalue weighted by atomic mass is 9.80. The van der Waals surface area contributed by atoms with Gasteiger partial charge in [-0.3, -0.25) is 9.59 Å². The predicted octanol–water partition coefficient (Wildman–Crippen LogP) is 1.76. The van der Waals surface area contributed by atoms with Crippen molar-refractivity contribution in [2.75, 3.05) is 26.2 Å². The van der Waals surface area contributed by atoms with Gasteiger partial charge < -0.3 is 15.5 Å². The molecule has 0 atom stereocenters. The van der Waals surface area contributed by atoms with Crippen LogP contribution in [0.4, 0.5) is 4.39 Å². The zero-order valence-corrected chi connectivity index (χ0v) is 14.4. The molecule has 1 aromatic rings. The molecule has 2 rings (SSSR count). The number of carbonyl (C=O) groups is 2. The lowest BCUT2D eigenvalue weighted by Crippen LogP contribution is -2.56. The SMILES string of the molecule is CCC(CC)(CN)C(=O)N1CCN(Cc2cccc(F)c2)C(=O)C1. The molecule has 1 fully saturated rings. The van der Waals surface area contributed by atoms with Gasteiger partial charge in [0, 0.05) is 26.2 Å². The van der Waals surface area contributed by atoms with E-state index in [1.807, 2.05) is 13.8 Å². The van der Waals surface area contributed by atoms with Crippen LogP contribution in [0, 0.1) is 11.2 Å². The van der Waals surface area contributed by atoms with Gasteiger partial charge in [0.2, 0.25) is 11.8 Å². The number of rotatable bonds is 6. The standard InChI is InChI=1S/C18H26FN3O2/c1-3-18(4-2,13-20)17(24)22-9-8-21(16(23)12-22)11-14-6-5-7-15(19)10-14/h5-7,10H,3-4,8-9,11-13,20H2,1-2H3. The first kappa shape index (κ1) is 18.4. The minimum absolute atomic E-state index is 0.0336. The van der Waals surface area contributed by atoms with Gasteiger partial charge in [0.05, 0.1) is 12.0 Å². The van der Waals surface area contributed by atoms with Gasteiger partial charge in [0.1, 0.15) is 5.82 Å². The van der Waals surface area contributed by atoms with Gasteiger partial charge in [-0.1, -0.05) is 26.0 Å². The van der Waals surface area contributed by atoms with Crippen molar-refractivity contribution >= 4 is 11.8 Å². The minimum atomic E-state index is -0.578. The number of piperazine rings is 1. The third-order valence-electron chi connectivity index (χ3n) is 5.07. The largest absolute Gasteiger partial charge is 0.335 e. The van der Waals surface area contributed by atoms with E-state index in [-0.39, 0.29) is 30.7 Å². The first-order valence-electron chi connectivity index (χ1n) is 8.47. The van der Waals surface area contributed by atoms with Gasteiger partial charge in [-0.25, -0.2) is 4.39 Å². The van der Waals surface area contributed by atoms with Gasteiger partial charge in [-0.2, -0.15) is 0 Å². The van der Waals surface area contributed by atoms with E-state index >= 15 is 0 Å². The number of carbonyl (C=O) groups excluding carboxylic acids is 2. The van der Waals surface area contributed by atoms with E-state index in [2.05, 4.69) is 0 Å². The lowest BCUT2D eigenvalue weighted by molar-refractivity contribution is -0.152. The van der Waals surface area contributed by atoms with Crippen LogP contribution >= 0.6 is 0 Å². The van der Waals surface area contributed by atoms with E-state index in [0.717, 1.165) is 5.56 Å². The quantitative estimate of drug-likeness (QED) is 0.861. The molecule has 2 amide bonds. The highest BCUT2D eigenvalue weighted by molar-refractivity contribution is 5.89. The predicted molar refractivity (Wildman–Crippen MR) is 90.5 cm³/mol. The van der Waals surface area contributed by atoms with Crippen molar-refractivity contribution in [3.8, 4) is 0 Å². The van der Waals surface area contributed by atoms with E-state index in [4.69, 9.17) is 5.73 Å². The Balaban J connectivity index is 2.02. The molecule has 0 saturated carbocycles. The van der Waals surface area contributed by atoms with Crippen LogP contribution < -0.4 is 5.73 Å². The molecular formula is C18H26FN3O2. The van der Waals surface area contributed by atoms with Crippen LogP contribution in [0.3, 0.4) is 0 Å². The Bertz CT molecular complexity index is 593. The van der Waals surface area contributed by atoms with Gasteiger partial charge >= 0.3 is 0 Å². The maximum atomic E-state index is 13.3. The third kappa shape index (κ3) is 3.75. The Kier molecular flexibility index (Phi) is 5.94. The second kappa shape index (κ2) is 7.75. The summed E-state index contributed by atoms with van der Waals surface area (Å²) in [5.74, 6) is -0.460. The topological polar surface area (TPSA) is 66.6 Å². The van der Waals surface area contributed by atoms with E-state index in [0.29, 0.717) is 32.5 Å². The number of hydrogen-bond donors (Lipinski definition) is 1. The van der Waals surface area contributed by atoms with Crippen molar-refractivity contribution in [3.63, 3.8) is 0 Å². The van der Waals surface area contributed by atoms with Crippen LogP contribution in [0.15, 0.2) is 24.3 Å². The maximum absolute atomic E-state index is 13.3. The van der Waals surface area contributed by atoms with Crippen molar-refractivity contribution in [2.24, 2.45) is 11.1 Å². The molecule has 5 nitrogen and oxygen atoms in total. The number of hydrogen-bond acceptors (Lipinski definition) is 3. The number of nitrogens with two attached hydrogens (primary N) is 1. The highest BCUT2D eigenvalue weighted by Crippen LogP contribution is 2.28. The third-order valence-corrected chi connectivity index (χ3v) is 5.07. The Morgan fingerprint density at radius 2 is 2.00 bits per heavy atom. The molecular weight excluding hydrogens is 309 g/mol. The molecule has 1 aliphatic rings. The van der Waals surface area contributed by atoms with E-state index in [1.54, 1.807) is 21.9 Å². The number of benzene rings is 1. The molecule has 0 aromatic heterocycles. The summed E-state index contributed by atoms with van der Waals surface area (Å²) in [5, 5.41) is 0. The van der Waals surface area contributed by atoms with Crippen molar-refractivity contribution in [1.82, 2.24) is 9.80 Å². The first-order chi connectivity index (χ1) is 11.5. The fourth-order valence-corrected chi connectivity index (χ4v) is 3.17. The average Bonchev–Trinajstić information content (AvgIpc) is 2.58. The fourth-order valence-electron chi connectivity index (χ4n) is 3.17. The molecule has 2 N–H and O–H groups in total. The van der Waals surface area contributed by atoms with Crippen LogP contribution in [0.25, 0.3) is 0 Å². The fraction of sp³-hybridized carbons (Fsp3) is 0.556. The summed E-state index contributed by atoms with van der Waals surface area (Å²) in [7, 11) is 0. The molecule has 0 radical (unpaired) electrons. The number of halogens is 1. The minimum Gasteiger partial charge on any atom is -0.335 e. The molecule has 1 heterocycles. The molecule has 0 spiro atoms. The molecule has 0 unspecified atom stereocenters. The summed E-state index contributed by atoms with van der Waals surface area (Å²) in [5.41, 5.74) is 6.01. The molecule has 1 aromatic carbocycles. The molecule has 6 heteroatoms. The molecule has 132 valence electrons. The van der Waals surface area contributed by atoms with E-state index in [9.17, 15) is 14.0 Å². The molecule has 0 bridgehead atoms. The normalized spacial score (nSPS) is 15.8. The van der Waals surface area contributed by atoms with E-state index < -0.39 is 5.41 Å². The molecule has 1 aliphatic heterocycles. The summed E-state index contributed by atoms with van der Waals surface area (Å²) in [6.07, 6.45) is 1.33. The van der Waals surface area contributed by atoms with Gasteiger partial charge in [-0.05, 0) is 30.5 Å². The van der Waals surface area contributed by atoms with Crippen LogP contribution in [0.2, 0.25) is 0 Å². The zero-order valence-electron chi connectivity index (χ0n) is 14.4. The number of amides is 2. The van der Waals surface area contributed by atoms with Gasteiger partial charge in [0.25, 0.3) is 0 Å². The monoisotopic (exact) mass is 335 g/mol. The highest BCUT2D eigenvalue weighted by Gasteiger charge is 2.39. The van der Waals surface area contributed by atoms with Crippen molar-refractivity contribution in [2.45, 2.75) is 33.2 Å². The number of nitrogens with zero attached hydrogens (tertiary/aromatic N) is 2. The summed E-state index contributed by atoms with van der Waals surface area (Å²) < 4.78 is 13.3. The Hall–Kier alpha value is -1.95. The van der Waals surface area contributed by atoms with Crippen LogP contribution in [-0.4, -0.2) is 47.8 Å². The summed E-state index contributed by atoms with van der Waals surface area (Å²) in [4.78, 5) is 28.5. The summed E-state index contributed by atoms with van der Waals surface area (Å²) in [6, 6.07) is 6.23. The van der Waals surface area contributed by atoms with E-state index in [1.165, 1.54) is 12.1 Å². The smallest absolute Gasteiger partial charge is 0.242 e. The maximum Gasteiger partial charge on any atom is 0.242 e. The first-order valence-corrected chi connectivity index (χ1v) is 8.47. The highest BCUT2D eigenvalue weighted by atomic mass is 19.1. The zero-order chi connectivity index (χ0) is 17.7. The average molecular weight is 335 g/mol. The van der Waals surface area contributed by atoms with Gasteiger partial charge in [0.15, 0.2) is 0 Å². The lowest BCUT2D eigenvalue weighted by Gasteiger charge is -2.39. The van der Waals surface area contributed by atoms with Crippen molar-refractivity contribution in [1.29, 1.82) is 0 Å². The molecule has 24 heavy (non-hydrogen) atoms. The molecule has 1 saturated heterocycles. The van der Waals surface area contributed by atoms with Crippen molar-refractivity contribution in [3.05, 3.63) is 35.6 Å². The second-order valence-electron chi connectivity index (χ2n) is 6.36. The summed E-state index contributed by atoms with van der Waals surface area (Å²) in [6.45, 7) is 5.57. The van der Waals surface area contributed by atoms with Crippen LogP contribution in [0.5, 0.6) is 0 Å².